The summed E-state index contributed by atoms with van der Waals surface area (Å²) in [4.78, 5) is 13.3. The van der Waals surface area contributed by atoms with Gasteiger partial charge >= 0.3 is 0 Å². The summed E-state index contributed by atoms with van der Waals surface area (Å²) in [5, 5.41) is 1.10. The van der Waals surface area contributed by atoms with E-state index in [1.165, 1.54) is 30.6 Å². The van der Waals surface area contributed by atoms with Crippen LogP contribution in [0.5, 0.6) is 0 Å². The summed E-state index contributed by atoms with van der Waals surface area (Å²) in [6, 6.07) is 0. The van der Waals surface area contributed by atoms with Gasteiger partial charge in [0.1, 0.15) is 0 Å². The zero-order valence-corrected chi connectivity index (χ0v) is 11.9. The minimum absolute atomic E-state index is 0.304. The Morgan fingerprint density at radius 1 is 1.19 bits per heavy atom. The van der Waals surface area contributed by atoms with Crippen molar-refractivity contribution in [3.8, 4) is 0 Å². The number of hydrogen-bond donors (Lipinski definition) is 0. The highest BCUT2D eigenvalue weighted by molar-refractivity contribution is 9.09. The number of rotatable bonds is 6. The van der Waals surface area contributed by atoms with E-state index in [-0.39, 0.29) is 0 Å². The lowest BCUT2D eigenvalue weighted by Gasteiger charge is -2.00. The first kappa shape index (κ1) is 12.4. The molecule has 1 aliphatic carbocycles. The lowest BCUT2D eigenvalue weighted by molar-refractivity contribution is 0.599. The van der Waals surface area contributed by atoms with Gasteiger partial charge in [0, 0.05) is 22.3 Å². The van der Waals surface area contributed by atoms with Crippen LogP contribution in [0.15, 0.2) is 4.79 Å². The molecule has 2 rings (SSSR count). The van der Waals surface area contributed by atoms with Gasteiger partial charge in [-0.3, -0.25) is 8.75 Å². The predicted molar refractivity (Wildman–Crippen MR) is 72.9 cm³/mol. The molecule has 0 amide bonds. The zero-order valence-electron chi connectivity index (χ0n) is 9.51. The Balaban J connectivity index is 1.84. The first-order valence-electron chi connectivity index (χ1n) is 6.11. The van der Waals surface area contributed by atoms with Crippen LogP contribution in [0.3, 0.4) is 0 Å². The fourth-order valence-corrected chi connectivity index (χ4v) is 3.83. The SMILES string of the molecule is O=c1c2c(sn1CCCCCCBr)CCC2. The lowest BCUT2D eigenvalue weighted by Crippen LogP contribution is -2.16. The van der Waals surface area contributed by atoms with Crippen molar-refractivity contribution in [2.75, 3.05) is 5.33 Å². The number of alkyl halides is 1. The quantitative estimate of drug-likeness (QED) is 0.583. The van der Waals surface area contributed by atoms with Crippen LogP contribution in [-0.2, 0) is 19.4 Å². The molecule has 0 aromatic carbocycles. The van der Waals surface area contributed by atoms with Gasteiger partial charge in [0.2, 0.25) is 0 Å². The third-order valence-electron chi connectivity index (χ3n) is 3.12. The topological polar surface area (TPSA) is 22.0 Å². The predicted octanol–water partition coefficient (Wildman–Crippen LogP) is 3.35. The first-order valence-corrected chi connectivity index (χ1v) is 8.00. The summed E-state index contributed by atoms with van der Waals surface area (Å²) >= 11 is 5.14. The van der Waals surface area contributed by atoms with E-state index < -0.39 is 0 Å². The van der Waals surface area contributed by atoms with Crippen molar-refractivity contribution in [3.63, 3.8) is 0 Å². The summed E-state index contributed by atoms with van der Waals surface area (Å²) in [6.45, 7) is 0.929. The molecule has 0 spiro atoms. The van der Waals surface area contributed by atoms with Gasteiger partial charge in [-0.05, 0) is 32.1 Å². The average Bonchev–Trinajstić information content (AvgIpc) is 2.83. The molecule has 0 unspecified atom stereocenters. The molecular formula is C12H18BrNOS. The standard InChI is InChI=1S/C12H18BrNOS/c13-8-3-1-2-4-9-14-12(15)10-6-5-7-11(10)16-14/h1-9H2. The summed E-state index contributed by atoms with van der Waals surface area (Å²) in [7, 11) is 0. The van der Waals surface area contributed by atoms with E-state index in [1.807, 2.05) is 3.96 Å². The summed E-state index contributed by atoms with van der Waals surface area (Å²) in [5.74, 6) is 0. The van der Waals surface area contributed by atoms with Crippen LogP contribution in [0.1, 0.15) is 42.5 Å². The third-order valence-corrected chi connectivity index (χ3v) is 4.92. The van der Waals surface area contributed by atoms with Crippen LogP contribution < -0.4 is 5.56 Å². The molecule has 90 valence electrons. The summed E-state index contributed by atoms with van der Waals surface area (Å²) in [5.41, 5.74) is 1.42. The van der Waals surface area contributed by atoms with Gasteiger partial charge in [0.15, 0.2) is 0 Å². The second-order valence-corrected chi connectivity index (χ2v) is 6.27. The highest BCUT2D eigenvalue weighted by atomic mass is 79.9. The third kappa shape index (κ3) is 2.77. The molecule has 0 N–H and O–H groups in total. The number of nitrogens with zero attached hydrogens (tertiary/aromatic N) is 1. The number of hydrogen-bond acceptors (Lipinski definition) is 2. The Labute approximate surface area is 109 Å². The van der Waals surface area contributed by atoms with Crippen molar-refractivity contribution in [3.05, 3.63) is 20.8 Å². The Bertz CT molecular complexity index is 396. The van der Waals surface area contributed by atoms with Crippen molar-refractivity contribution in [2.24, 2.45) is 0 Å². The molecule has 0 aliphatic heterocycles. The average molecular weight is 304 g/mol. The van der Waals surface area contributed by atoms with E-state index in [4.69, 9.17) is 0 Å². The number of fused-ring (bicyclic) bond motifs is 1. The molecule has 0 atom stereocenters. The first-order chi connectivity index (χ1) is 7.83. The van der Waals surface area contributed by atoms with Crippen molar-refractivity contribution in [2.45, 2.75) is 51.5 Å². The van der Waals surface area contributed by atoms with Crippen molar-refractivity contribution < 1.29 is 0 Å². The van der Waals surface area contributed by atoms with Crippen molar-refractivity contribution >= 4 is 27.5 Å². The molecule has 4 heteroatoms. The Morgan fingerprint density at radius 2 is 2.00 bits per heavy atom. The largest absolute Gasteiger partial charge is 0.268 e. The Morgan fingerprint density at radius 3 is 2.75 bits per heavy atom. The summed E-state index contributed by atoms with van der Waals surface area (Å²) in [6.07, 6.45) is 8.23. The fraction of sp³-hybridized carbons (Fsp3) is 0.750. The number of aryl methyl sites for hydroxylation is 2. The molecule has 1 heterocycles. The molecule has 0 saturated carbocycles. The maximum Gasteiger partial charge on any atom is 0.264 e. The van der Waals surface area contributed by atoms with E-state index in [1.54, 1.807) is 11.5 Å². The normalized spacial score (nSPS) is 14.3. The second-order valence-electron chi connectivity index (χ2n) is 4.36. The maximum atomic E-state index is 11.9. The molecule has 2 nitrogen and oxygen atoms in total. The van der Waals surface area contributed by atoms with Crippen molar-refractivity contribution in [1.82, 2.24) is 3.96 Å². The van der Waals surface area contributed by atoms with Gasteiger partial charge in [0.25, 0.3) is 5.56 Å². The summed E-state index contributed by atoms with van der Waals surface area (Å²) < 4.78 is 1.97. The van der Waals surface area contributed by atoms with E-state index in [0.717, 1.165) is 36.7 Å². The smallest absolute Gasteiger partial charge is 0.264 e. The molecule has 0 saturated heterocycles. The molecule has 16 heavy (non-hydrogen) atoms. The van der Waals surface area contributed by atoms with Crippen LogP contribution in [0, 0.1) is 0 Å². The maximum absolute atomic E-state index is 11.9. The van der Waals surface area contributed by atoms with Crippen LogP contribution in [-0.4, -0.2) is 9.29 Å². The van der Waals surface area contributed by atoms with Gasteiger partial charge in [-0.25, -0.2) is 0 Å². The Hall–Kier alpha value is -0.0900. The van der Waals surface area contributed by atoms with Gasteiger partial charge in [0.05, 0.1) is 0 Å². The van der Waals surface area contributed by atoms with Gasteiger partial charge in [-0.2, -0.15) is 0 Å². The van der Waals surface area contributed by atoms with E-state index in [9.17, 15) is 4.79 Å². The van der Waals surface area contributed by atoms with E-state index >= 15 is 0 Å². The van der Waals surface area contributed by atoms with Crippen LogP contribution in [0.2, 0.25) is 0 Å². The van der Waals surface area contributed by atoms with Crippen LogP contribution >= 0.6 is 27.5 Å². The Kier molecular flexibility index (Phi) is 4.65. The van der Waals surface area contributed by atoms with Crippen LogP contribution in [0.4, 0.5) is 0 Å². The molecule has 0 radical (unpaired) electrons. The molecule has 1 aliphatic rings. The molecule has 1 aromatic rings. The molecule has 0 bridgehead atoms. The minimum atomic E-state index is 0.304. The highest BCUT2D eigenvalue weighted by Gasteiger charge is 2.19. The van der Waals surface area contributed by atoms with Gasteiger partial charge in [-0.1, -0.05) is 40.3 Å². The molecule has 0 fully saturated rings. The van der Waals surface area contributed by atoms with Gasteiger partial charge in [-0.15, -0.1) is 0 Å². The lowest BCUT2D eigenvalue weighted by atomic mass is 10.2. The monoisotopic (exact) mass is 303 g/mol. The van der Waals surface area contributed by atoms with Gasteiger partial charge < -0.3 is 0 Å². The van der Waals surface area contributed by atoms with Crippen LogP contribution in [0.25, 0.3) is 0 Å². The second kappa shape index (κ2) is 6.01. The molecular weight excluding hydrogens is 286 g/mol. The minimum Gasteiger partial charge on any atom is -0.268 e. The number of halogens is 1. The highest BCUT2D eigenvalue weighted by Crippen LogP contribution is 2.23. The van der Waals surface area contributed by atoms with E-state index in [2.05, 4.69) is 15.9 Å². The zero-order chi connectivity index (χ0) is 11.4. The fourth-order valence-electron chi connectivity index (χ4n) is 2.22. The van der Waals surface area contributed by atoms with E-state index in [0.29, 0.717) is 5.56 Å². The number of aromatic nitrogens is 1. The van der Waals surface area contributed by atoms with Crippen molar-refractivity contribution in [1.29, 1.82) is 0 Å². The molecule has 1 aromatic heterocycles. The number of unbranched alkanes of at least 4 members (excludes halogenated alkanes) is 3.